The summed E-state index contributed by atoms with van der Waals surface area (Å²) < 4.78 is 5.00. The molecule has 0 aliphatic heterocycles. The van der Waals surface area contributed by atoms with E-state index in [0.29, 0.717) is 12.3 Å². The van der Waals surface area contributed by atoms with Gasteiger partial charge in [0.25, 0.3) is 5.91 Å². The Morgan fingerprint density at radius 2 is 1.64 bits per heavy atom. The van der Waals surface area contributed by atoms with Gasteiger partial charge in [0.05, 0.1) is 13.7 Å². The number of likely N-dealkylation sites (N-methyl/N-ethyl adjacent to an activating group) is 1. The number of nitrogens with one attached hydrogen (secondary N) is 1. The molecule has 2 rings (SSSR count). The van der Waals surface area contributed by atoms with Gasteiger partial charge in [0.15, 0.2) is 0 Å². The Labute approximate surface area is 146 Å². The summed E-state index contributed by atoms with van der Waals surface area (Å²) in [6.07, 6.45) is 0. The van der Waals surface area contributed by atoms with Gasteiger partial charge >= 0.3 is 0 Å². The molecule has 25 heavy (non-hydrogen) atoms. The highest BCUT2D eigenvalue weighted by atomic mass is 16.5. The van der Waals surface area contributed by atoms with Gasteiger partial charge in [-0.3, -0.25) is 14.4 Å². The fraction of sp³-hybridized carbons (Fsp3) is 0.211. The standard InChI is InChI=1S/C19H20N2O4/c1-21(13-14-6-4-3-5-7-14)17(22)12-20-19(24)18(23)15-8-10-16(25-2)11-9-15/h3-11H,12-13H2,1-2H3,(H,20,24). The minimum absolute atomic E-state index is 0.232. The van der Waals surface area contributed by atoms with Gasteiger partial charge in [0.1, 0.15) is 5.75 Å². The van der Waals surface area contributed by atoms with Crippen molar-refractivity contribution in [3.05, 3.63) is 65.7 Å². The summed E-state index contributed by atoms with van der Waals surface area (Å²) in [5, 5.41) is 2.37. The zero-order chi connectivity index (χ0) is 18.2. The molecule has 2 aromatic carbocycles. The highest BCUT2D eigenvalue weighted by Crippen LogP contribution is 2.11. The molecule has 0 aliphatic rings. The van der Waals surface area contributed by atoms with E-state index < -0.39 is 11.7 Å². The van der Waals surface area contributed by atoms with E-state index in [9.17, 15) is 14.4 Å². The Bertz CT molecular complexity index is 742. The Hall–Kier alpha value is -3.15. The Morgan fingerprint density at radius 1 is 1.00 bits per heavy atom. The number of ketones is 1. The summed E-state index contributed by atoms with van der Waals surface area (Å²) >= 11 is 0. The lowest BCUT2D eigenvalue weighted by Gasteiger charge is -2.17. The molecule has 0 saturated heterocycles. The van der Waals surface area contributed by atoms with Crippen molar-refractivity contribution >= 4 is 17.6 Å². The van der Waals surface area contributed by atoms with Gasteiger partial charge in [-0.1, -0.05) is 30.3 Å². The second-order valence-electron chi connectivity index (χ2n) is 5.48. The largest absolute Gasteiger partial charge is 0.497 e. The summed E-state index contributed by atoms with van der Waals surface area (Å²) in [5.74, 6) is -1.19. The molecule has 130 valence electrons. The molecular weight excluding hydrogens is 320 g/mol. The molecule has 0 heterocycles. The molecule has 0 unspecified atom stereocenters. The Morgan fingerprint density at radius 3 is 2.24 bits per heavy atom. The van der Waals surface area contributed by atoms with Crippen molar-refractivity contribution in [3.8, 4) is 5.75 Å². The van der Waals surface area contributed by atoms with E-state index in [2.05, 4.69) is 5.32 Å². The zero-order valence-electron chi connectivity index (χ0n) is 14.2. The molecule has 0 fully saturated rings. The second-order valence-corrected chi connectivity index (χ2v) is 5.48. The van der Waals surface area contributed by atoms with Crippen LogP contribution in [0.4, 0.5) is 0 Å². The predicted octanol–water partition coefficient (Wildman–Crippen LogP) is 1.65. The van der Waals surface area contributed by atoms with Gasteiger partial charge in [0, 0.05) is 19.2 Å². The first kappa shape index (κ1) is 18.2. The van der Waals surface area contributed by atoms with E-state index in [1.165, 1.54) is 24.1 Å². The molecular formula is C19H20N2O4. The van der Waals surface area contributed by atoms with Crippen LogP contribution in [0, 0.1) is 0 Å². The quantitative estimate of drug-likeness (QED) is 0.614. The van der Waals surface area contributed by atoms with Crippen LogP contribution in [-0.2, 0) is 16.1 Å². The minimum Gasteiger partial charge on any atom is -0.497 e. The molecule has 0 spiro atoms. The van der Waals surface area contributed by atoms with Gasteiger partial charge < -0.3 is 15.0 Å². The van der Waals surface area contributed by atoms with Crippen molar-refractivity contribution in [1.82, 2.24) is 10.2 Å². The van der Waals surface area contributed by atoms with Crippen LogP contribution in [0.5, 0.6) is 5.75 Å². The minimum atomic E-state index is -0.813. The first-order valence-electron chi connectivity index (χ1n) is 7.75. The molecule has 0 bridgehead atoms. The van der Waals surface area contributed by atoms with E-state index in [1.54, 1.807) is 19.2 Å². The van der Waals surface area contributed by atoms with Crippen molar-refractivity contribution < 1.29 is 19.1 Å². The first-order chi connectivity index (χ1) is 12.0. The number of hydrogen-bond donors (Lipinski definition) is 1. The molecule has 0 aromatic heterocycles. The van der Waals surface area contributed by atoms with E-state index in [-0.39, 0.29) is 18.0 Å². The number of rotatable bonds is 7. The third-order valence-corrected chi connectivity index (χ3v) is 3.65. The number of carbonyl (C=O) groups is 3. The maximum atomic E-state index is 12.1. The van der Waals surface area contributed by atoms with Crippen LogP contribution in [0.15, 0.2) is 54.6 Å². The van der Waals surface area contributed by atoms with Crippen LogP contribution in [0.3, 0.4) is 0 Å². The number of amides is 2. The fourth-order valence-corrected chi connectivity index (χ4v) is 2.19. The fourth-order valence-electron chi connectivity index (χ4n) is 2.19. The van der Waals surface area contributed by atoms with Crippen LogP contribution in [0.2, 0.25) is 0 Å². The lowest BCUT2D eigenvalue weighted by molar-refractivity contribution is -0.131. The third-order valence-electron chi connectivity index (χ3n) is 3.65. The molecule has 2 amide bonds. The van der Waals surface area contributed by atoms with Crippen LogP contribution in [-0.4, -0.2) is 43.2 Å². The molecule has 0 atom stereocenters. The first-order valence-corrected chi connectivity index (χ1v) is 7.75. The average Bonchev–Trinajstić information content (AvgIpc) is 2.66. The smallest absolute Gasteiger partial charge is 0.292 e. The highest BCUT2D eigenvalue weighted by molar-refractivity contribution is 6.43. The number of Topliss-reactive ketones (excluding diaryl/α,β-unsaturated/α-hetero) is 1. The summed E-state index contributed by atoms with van der Waals surface area (Å²) in [5.41, 5.74) is 1.22. The van der Waals surface area contributed by atoms with Gasteiger partial charge in [-0.05, 0) is 29.8 Å². The average molecular weight is 340 g/mol. The predicted molar refractivity (Wildman–Crippen MR) is 93.3 cm³/mol. The van der Waals surface area contributed by atoms with Crippen LogP contribution in [0.25, 0.3) is 0 Å². The molecule has 0 radical (unpaired) electrons. The van der Waals surface area contributed by atoms with Crippen molar-refractivity contribution in [2.45, 2.75) is 6.54 Å². The van der Waals surface area contributed by atoms with E-state index in [1.807, 2.05) is 30.3 Å². The molecule has 6 heteroatoms. The van der Waals surface area contributed by atoms with Crippen LogP contribution < -0.4 is 10.1 Å². The van der Waals surface area contributed by atoms with Crippen molar-refractivity contribution in [2.24, 2.45) is 0 Å². The summed E-state index contributed by atoms with van der Waals surface area (Å²) in [6.45, 7) is 0.200. The van der Waals surface area contributed by atoms with Gasteiger partial charge in [-0.2, -0.15) is 0 Å². The number of nitrogens with zero attached hydrogens (tertiary/aromatic N) is 1. The second kappa shape index (κ2) is 8.63. The van der Waals surface area contributed by atoms with Crippen LogP contribution >= 0.6 is 0 Å². The number of methoxy groups -OCH3 is 1. The molecule has 1 N–H and O–H groups in total. The summed E-state index contributed by atoms with van der Waals surface area (Å²) in [6, 6.07) is 15.7. The van der Waals surface area contributed by atoms with Crippen molar-refractivity contribution in [3.63, 3.8) is 0 Å². The van der Waals surface area contributed by atoms with Crippen molar-refractivity contribution in [2.75, 3.05) is 20.7 Å². The SMILES string of the molecule is COc1ccc(C(=O)C(=O)NCC(=O)N(C)Cc2ccccc2)cc1. The molecule has 0 saturated carbocycles. The maximum absolute atomic E-state index is 12.1. The van der Waals surface area contributed by atoms with Crippen LogP contribution in [0.1, 0.15) is 15.9 Å². The lowest BCUT2D eigenvalue weighted by atomic mass is 10.1. The number of carbonyl (C=O) groups excluding carboxylic acids is 3. The summed E-state index contributed by atoms with van der Waals surface area (Å²) in [7, 11) is 3.16. The summed E-state index contributed by atoms with van der Waals surface area (Å²) in [4.78, 5) is 37.5. The molecule has 0 aliphatic carbocycles. The van der Waals surface area contributed by atoms with E-state index in [0.717, 1.165) is 5.56 Å². The number of ether oxygens (including phenoxy) is 1. The van der Waals surface area contributed by atoms with Gasteiger partial charge in [0.2, 0.25) is 11.7 Å². The van der Waals surface area contributed by atoms with E-state index >= 15 is 0 Å². The van der Waals surface area contributed by atoms with Gasteiger partial charge in [-0.15, -0.1) is 0 Å². The lowest BCUT2D eigenvalue weighted by Crippen LogP contribution is -2.40. The Balaban J connectivity index is 1.85. The normalized spacial score (nSPS) is 10.0. The number of benzene rings is 2. The monoisotopic (exact) mass is 340 g/mol. The Kier molecular flexibility index (Phi) is 6.28. The topological polar surface area (TPSA) is 75.7 Å². The zero-order valence-corrected chi connectivity index (χ0v) is 14.2. The third kappa shape index (κ3) is 5.17. The van der Waals surface area contributed by atoms with E-state index in [4.69, 9.17) is 4.74 Å². The maximum Gasteiger partial charge on any atom is 0.292 e. The van der Waals surface area contributed by atoms with Gasteiger partial charge in [-0.25, -0.2) is 0 Å². The highest BCUT2D eigenvalue weighted by Gasteiger charge is 2.18. The molecule has 6 nitrogen and oxygen atoms in total. The van der Waals surface area contributed by atoms with Crippen molar-refractivity contribution in [1.29, 1.82) is 0 Å². The number of hydrogen-bond acceptors (Lipinski definition) is 4. The molecule has 2 aromatic rings.